The number of aromatic amines is 1. The Morgan fingerprint density at radius 3 is 2.50 bits per heavy atom. The molecule has 0 aliphatic carbocycles. The topological polar surface area (TPSA) is 93.4 Å². The van der Waals surface area contributed by atoms with E-state index in [0.717, 1.165) is 16.8 Å². The van der Waals surface area contributed by atoms with Crippen molar-refractivity contribution in [3.8, 4) is 22.8 Å². The molecular weight excluding hydrogens is 276 g/mol. The van der Waals surface area contributed by atoms with E-state index < -0.39 is 0 Å². The van der Waals surface area contributed by atoms with Crippen LogP contribution in [-0.4, -0.2) is 24.9 Å². The van der Waals surface area contributed by atoms with E-state index in [0.29, 0.717) is 17.2 Å². The van der Waals surface area contributed by atoms with Crippen LogP contribution in [-0.2, 0) is 0 Å². The number of nitrogens with one attached hydrogen (secondary N) is 1. The molecule has 4 aromatic rings. The molecule has 22 heavy (non-hydrogen) atoms. The first-order chi connectivity index (χ1) is 10.8. The average Bonchev–Trinajstić information content (AvgIpc) is 2.99. The number of aromatic nitrogens is 5. The van der Waals surface area contributed by atoms with Gasteiger partial charge in [0.25, 0.3) is 0 Å². The number of nitrogens with two attached hydrogens (primary N) is 1. The molecule has 4 rings (SSSR count). The monoisotopic (exact) mass is 288 g/mol. The Morgan fingerprint density at radius 2 is 1.68 bits per heavy atom. The smallest absolute Gasteiger partial charge is 0.221 e. The fourth-order valence-electron chi connectivity index (χ4n) is 2.31. The molecule has 0 radical (unpaired) electrons. The number of nitrogens with zero attached hydrogens (tertiary/aromatic N) is 4. The minimum atomic E-state index is 0.213. The Balaban J connectivity index is 1.86. The first-order valence-corrected chi connectivity index (χ1v) is 6.81. The van der Waals surface area contributed by atoms with Gasteiger partial charge < -0.3 is 10.7 Å². The second-order valence-corrected chi connectivity index (χ2v) is 4.82. The van der Waals surface area contributed by atoms with Crippen LogP contribution in [0.4, 0.5) is 5.95 Å². The minimum Gasteiger partial charge on any atom is -0.368 e. The van der Waals surface area contributed by atoms with E-state index in [9.17, 15) is 0 Å². The molecule has 0 saturated heterocycles. The summed E-state index contributed by atoms with van der Waals surface area (Å²) in [6.07, 6.45) is 1.71. The standard InChI is InChI=1S/C16H12N6/c17-16-20-12(10-5-2-1-3-6-10)9-13(21-16)15-19-11-7-4-8-18-14(11)22-15/h1-9H,(H2,17,20,21)(H,18,19,22). The van der Waals surface area contributed by atoms with Crippen molar-refractivity contribution in [3.05, 3.63) is 54.7 Å². The molecular formula is C16H12N6. The lowest BCUT2D eigenvalue weighted by Gasteiger charge is -2.04. The summed E-state index contributed by atoms with van der Waals surface area (Å²) in [5.41, 5.74) is 9.74. The van der Waals surface area contributed by atoms with Gasteiger partial charge in [0.15, 0.2) is 11.5 Å². The van der Waals surface area contributed by atoms with Gasteiger partial charge in [0, 0.05) is 11.8 Å². The number of H-pyrrole nitrogens is 1. The molecule has 0 unspecified atom stereocenters. The Kier molecular flexibility index (Phi) is 2.79. The summed E-state index contributed by atoms with van der Waals surface area (Å²) in [5.74, 6) is 0.838. The molecule has 3 N–H and O–H groups in total. The molecule has 0 atom stereocenters. The fourth-order valence-corrected chi connectivity index (χ4v) is 2.31. The third kappa shape index (κ3) is 2.16. The van der Waals surface area contributed by atoms with E-state index in [4.69, 9.17) is 5.73 Å². The van der Waals surface area contributed by atoms with Gasteiger partial charge in [-0.05, 0) is 18.2 Å². The number of rotatable bonds is 2. The molecule has 0 spiro atoms. The number of fused-ring (bicyclic) bond motifs is 1. The van der Waals surface area contributed by atoms with Crippen LogP contribution in [0.3, 0.4) is 0 Å². The van der Waals surface area contributed by atoms with Gasteiger partial charge in [0.1, 0.15) is 5.69 Å². The molecule has 6 nitrogen and oxygen atoms in total. The number of hydrogen-bond donors (Lipinski definition) is 2. The van der Waals surface area contributed by atoms with E-state index in [1.54, 1.807) is 6.20 Å². The van der Waals surface area contributed by atoms with Gasteiger partial charge in [-0.25, -0.2) is 19.9 Å². The lowest BCUT2D eigenvalue weighted by atomic mass is 10.1. The second kappa shape index (κ2) is 4.92. The molecule has 106 valence electrons. The van der Waals surface area contributed by atoms with E-state index in [2.05, 4.69) is 24.9 Å². The molecule has 3 aromatic heterocycles. The summed E-state index contributed by atoms with van der Waals surface area (Å²) in [5, 5.41) is 0. The van der Waals surface area contributed by atoms with Crippen LogP contribution in [0.15, 0.2) is 54.7 Å². The van der Waals surface area contributed by atoms with Gasteiger partial charge in [-0.2, -0.15) is 0 Å². The molecule has 3 heterocycles. The fraction of sp³-hybridized carbons (Fsp3) is 0. The number of anilines is 1. The zero-order valence-electron chi connectivity index (χ0n) is 11.6. The molecule has 0 fully saturated rings. The van der Waals surface area contributed by atoms with Crippen LogP contribution in [0.5, 0.6) is 0 Å². The van der Waals surface area contributed by atoms with Gasteiger partial charge >= 0.3 is 0 Å². The van der Waals surface area contributed by atoms with Gasteiger partial charge in [0.05, 0.1) is 11.2 Å². The maximum atomic E-state index is 5.85. The summed E-state index contributed by atoms with van der Waals surface area (Å²) in [4.78, 5) is 20.4. The predicted molar refractivity (Wildman–Crippen MR) is 84.8 cm³/mol. The quantitative estimate of drug-likeness (QED) is 0.591. The Hall–Kier alpha value is -3.28. The molecule has 1 aromatic carbocycles. The lowest BCUT2D eigenvalue weighted by molar-refractivity contribution is 1.16. The number of hydrogen-bond acceptors (Lipinski definition) is 5. The second-order valence-electron chi connectivity index (χ2n) is 4.82. The van der Waals surface area contributed by atoms with Crippen molar-refractivity contribution in [1.29, 1.82) is 0 Å². The maximum absolute atomic E-state index is 5.85. The minimum absolute atomic E-state index is 0.213. The van der Waals surface area contributed by atoms with E-state index in [-0.39, 0.29) is 5.95 Å². The molecule has 0 amide bonds. The van der Waals surface area contributed by atoms with Gasteiger partial charge in [-0.3, -0.25) is 0 Å². The first-order valence-electron chi connectivity index (χ1n) is 6.81. The van der Waals surface area contributed by atoms with Crippen molar-refractivity contribution in [2.75, 3.05) is 5.73 Å². The van der Waals surface area contributed by atoms with Crippen LogP contribution in [0, 0.1) is 0 Å². The van der Waals surface area contributed by atoms with Crippen LogP contribution < -0.4 is 5.73 Å². The summed E-state index contributed by atoms with van der Waals surface area (Å²) < 4.78 is 0. The van der Waals surface area contributed by atoms with Crippen molar-refractivity contribution in [3.63, 3.8) is 0 Å². The highest BCUT2D eigenvalue weighted by Crippen LogP contribution is 2.23. The Bertz CT molecular complexity index is 912. The normalized spacial score (nSPS) is 10.9. The Morgan fingerprint density at radius 1 is 0.864 bits per heavy atom. The summed E-state index contributed by atoms with van der Waals surface area (Å²) in [7, 11) is 0. The zero-order valence-corrected chi connectivity index (χ0v) is 11.6. The highest BCUT2D eigenvalue weighted by molar-refractivity contribution is 5.76. The first kappa shape index (κ1) is 12.5. The molecule has 0 aliphatic rings. The number of pyridine rings is 1. The lowest BCUT2D eigenvalue weighted by Crippen LogP contribution is -1.99. The van der Waals surface area contributed by atoms with Gasteiger partial charge in [0.2, 0.25) is 5.95 Å². The van der Waals surface area contributed by atoms with Crippen molar-refractivity contribution < 1.29 is 0 Å². The summed E-state index contributed by atoms with van der Waals surface area (Å²) in [6.45, 7) is 0. The van der Waals surface area contributed by atoms with Crippen molar-refractivity contribution in [2.45, 2.75) is 0 Å². The largest absolute Gasteiger partial charge is 0.368 e. The van der Waals surface area contributed by atoms with Crippen LogP contribution in [0.2, 0.25) is 0 Å². The number of nitrogen functional groups attached to an aromatic ring is 1. The van der Waals surface area contributed by atoms with Gasteiger partial charge in [-0.1, -0.05) is 30.3 Å². The SMILES string of the molecule is Nc1nc(-c2ccccc2)cc(-c2nc3ncccc3[nH]2)n1. The number of benzene rings is 1. The maximum Gasteiger partial charge on any atom is 0.221 e. The van der Waals surface area contributed by atoms with Crippen molar-refractivity contribution in [2.24, 2.45) is 0 Å². The van der Waals surface area contributed by atoms with E-state index in [1.165, 1.54) is 0 Å². The highest BCUT2D eigenvalue weighted by atomic mass is 15.0. The third-order valence-corrected chi connectivity index (χ3v) is 3.31. The zero-order chi connectivity index (χ0) is 14.9. The highest BCUT2D eigenvalue weighted by Gasteiger charge is 2.11. The van der Waals surface area contributed by atoms with Crippen LogP contribution in [0.1, 0.15) is 0 Å². The van der Waals surface area contributed by atoms with Crippen molar-refractivity contribution in [1.82, 2.24) is 24.9 Å². The number of imidazole rings is 1. The molecule has 0 bridgehead atoms. The summed E-state index contributed by atoms with van der Waals surface area (Å²) in [6, 6.07) is 15.5. The van der Waals surface area contributed by atoms with E-state index >= 15 is 0 Å². The van der Waals surface area contributed by atoms with Crippen molar-refractivity contribution >= 4 is 17.1 Å². The third-order valence-electron chi connectivity index (χ3n) is 3.31. The van der Waals surface area contributed by atoms with Gasteiger partial charge in [-0.15, -0.1) is 0 Å². The van der Waals surface area contributed by atoms with E-state index in [1.807, 2.05) is 48.5 Å². The average molecular weight is 288 g/mol. The molecule has 0 aliphatic heterocycles. The molecule has 6 heteroatoms. The summed E-state index contributed by atoms with van der Waals surface area (Å²) >= 11 is 0. The predicted octanol–water partition coefficient (Wildman–Crippen LogP) is 2.66. The Labute approximate surface area is 126 Å². The molecule has 0 saturated carbocycles. The van der Waals surface area contributed by atoms with Crippen LogP contribution in [0.25, 0.3) is 33.9 Å². The van der Waals surface area contributed by atoms with Crippen LogP contribution >= 0.6 is 0 Å².